The van der Waals surface area contributed by atoms with E-state index in [0.29, 0.717) is 11.7 Å². The van der Waals surface area contributed by atoms with Crippen LogP contribution in [0.25, 0.3) is 0 Å². The molecule has 0 saturated heterocycles. The molecule has 1 rings (SSSR count). The van der Waals surface area contributed by atoms with Crippen LogP contribution < -0.4 is 0 Å². The molecule has 0 N–H and O–H groups in total. The third kappa shape index (κ3) is 5.48. The van der Waals surface area contributed by atoms with Gasteiger partial charge in [0.05, 0.1) is 0 Å². The maximum atomic E-state index is 11.9. The largest absolute Gasteiger partial charge is 0.300 e. The molecule has 0 spiro atoms. The Morgan fingerprint density at radius 1 is 1.06 bits per heavy atom. The van der Waals surface area contributed by atoms with Gasteiger partial charge < -0.3 is 0 Å². The number of rotatable bonds is 9. The highest BCUT2D eigenvalue weighted by Crippen LogP contribution is 2.26. The molecule has 0 unspecified atom stereocenters. The second-order valence-electron chi connectivity index (χ2n) is 5.10. The van der Waals surface area contributed by atoms with Crippen molar-refractivity contribution in [3.63, 3.8) is 0 Å². The monoisotopic (exact) mass is 246 g/mol. The van der Waals surface area contributed by atoms with E-state index in [2.05, 4.69) is 38.1 Å². The molecule has 0 fully saturated rings. The fraction of sp³-hybridized carbons (Fsp3) is 0.588. The lowest BCUT2D eigenvalue weighted by atomic mass is 9.88. The molecule has 0 aliphatic carbocycles. The normalized spacial score (nSPS) is 12.3. The van der Waals surface area contributed by atoms with Gasteiger partial charge in [0.15, 0.2) is 0 Å². The summed E-state index contributed by atoms with van der Waals surface area (Å²) in [5.74, 6) is 0.859. The Kier molecular flexibility index (Phi) is 7.40. The van der Waals surface area contributed by atoms with Crippen LogP contribution in [0.15, 0.2) is 30.3 Å². The van der Waals surface area contributed by atoms with Crippen LogP contribution in [0.2, 0.25) is 0 Å². The standard InChI is InChI=1S/C17H26O/c1-3-5-10-16(14-17(18)13-6-4-2)15-11-8-7-9-12-15/h7-9,11-12,16H,3-6,10,13-14H2,1-2H3/t16-/m0/s1. The number of Topliss-reactive ketones (excluding diaryl/α,β-unsaturated/α-hetero) is 1. The summed E-state index contributed by atoms with van der Waals surface area (Å²) in [5.41, 5.74) is 1.33. The molecule has 0 radical (unpaired) electrons. The Hall–Kier alpha value is -1.11. The lowest BCUT2D eigenvalue weighted by Crippen LogP contribution is -2.07. The molecule has 1 heteroatoms. The van der Waals surface area contributed by atoms with E-state index in [1.165, 1.54) is 18.4 Å². The quantitative estimate of drug-likeness (QED) is 0.591. The molecule has 0 bridgehead atoms. The van der Waals surface area contributed by atoms with Crippen LogP contribution >= 0.6 is 0 Å². The third-order valence-corrected chi connectivity index (χ3v) is 3.46. The molecular formula is C17H26O. The summed E-state index contributed by atoms with van der Waals surface area (Å²) in [7, 11) is 0. The predicted octanol–water partition coefficient (Wildman–Crippen LogP) is 5.11. The van der Waals surface area contributed by atoms with Crippen molar-refractivity contribution in [2.24, 2.45) is 0 Å². The number of carbonyl (C=O) groups is 1. The van der Waals surface area contributed by atoms with Crippen LogP contribution in [0.4, 0.5) is 0 Å². The predicted molar refractivity (Wildman–Crippen MR) is 77.9 cm³/mol. The molecule has 0 heterocycles. The van der Waals surface area contributed by atoms with Crippen LogP contribution in [-0.2, 0) is 4.79 Å². The number of unbranched alkanes of at least 4 members (excludes halogenated alkanes) is 2. The highest BCUT2D eigenvalue weighted by molar-refractivity contribution is 5.79. The lowest BCUT2D eigenvalue weighted by molar-refractivity contribution is -0.119. The number of hydrogen-bond donors (Lipinski definition) is 0. The summed E-state index contributed by atoms with van der Waals surface area (Å²) in [6.45, 7) is 4.35. The van der Waals surface area contributed by atoms with E-state index in [1.807, 2.05) is 6.07 Å². The average Bonchev–Trinajstić information content (AvgIpc) is 2.42. The van der Waals surface area contributed by atoms with Crippen molar-refractivity contribution in [2.75, 3.05) is 0 Å². The van der Waals surface area contributed by atoms with Crippen LogP contribution in [0.3, 0.4) is 0 Å². The zero-order chi connectivity index (χ0) is 13.2. The minimum Gasteiger partial charge on any atom is -0.300 e. The SMILES string of the molecule is CCCCC(=O)C[C@H](CCCC)c1ccccc1. The van der Waals surface area contributed by atoms with Crippen LogP contribution in [0, 0.1) is 0 Å². The van der Waals surface area contributed by atoms with E-state index in [-0.39, 0.29) is 0 Å². The van der Waals surface area contributed by atoms with E-state index in [9.17, 15) is 4.79 Å². The zero-order valence-electron chi connectivity index (χ0n) is 11.8. The van der Waals surface area contributed by atoms with E-state index in [4.69, 9.17) is 0 Å². The average molecular weight is 246 g/mol. The molecule has 0 saturated carbocycles. The Morgan fingerprint density at radius 3 is 2.33 bits per heavy atom. The van der Waals surface area contributed by atoms with Crippen molar-refractivity contribution < 1.29 is 4.79 Å². The van der Waals surface area contributed by atoms with Gasteiger partial charge in [0.25, 0.3) is 0 Å². The van der Waals surface area contributed by atoms with E-state index in [1.54, 1.807) is 0 Å². The number of carbonyl (C=O) groups excluding carboxylic acids is 1. The fourth-order valence-electron chi connectivity index (χ4n) is 2.31. The Bertz CT molecular complexity index is 329. The molecule has 0 aromatic heterocycles. The minimum absolute atomic E-state index is 0.426. The Balaban J connectivity index is 2.58. The molecule has 1 aromatic rings. The maximum absolute atomic E-state index is 11.9. The minimum atomic E-state index is 0.426. The van der Waals surface area contributed by atoms with Gasteiger partial charge in [0.2, 0.25) is 0 Å². The number of hydrogen-bond acceptors (Lipinski definition) is 1. The van der Waals surface area contributed by atoms with Gasteiger partial charge in [-0.05, 0) is 24.3 Å². The summed E-state index contributed by atoms with van der Waals surface area (Å²) in [6.07, 6.45) is 7.17. The molecule has 0 amide bonds. The Labute approximate surface area is 112 Å². The molecule has 18 heavy (non-hydrogen) atoms. The fourth-order valence-corrected chi connectivity index (χ4v) is 2.31. The highest BCUT2D eigenvalue weighted by Gasteiger charge is 2.14. The van der Waals surface area contributed by atoms with Crippen molar-refractivity contribution in [3.05, 3.63) is 35.9 Å². The van der Waals surface area contributed by atoms with Crippen molar-refractivity contribution in [3.8, 4) is 0 Å². The smallest absolute Gasteiger partial charge is 0.133 e. The lowest BCUT2D eigenvalue weighted by Gasteiger charge is -2.16. The van der Waals surface area contributed by atoms with Gasteiger partial charge in [-0.1, -0.05) is 63.4 Å². The molecule has 0 aliphatic rings. The first-order valence-electron chi connectivity index (χ1n) is 7.34. The molecule has 1 nitrogen and oxygen atoms in total. The third-order valence-electron chi connectivity index (χ3n) is 3.46. The number of benzene rings is 1. The van der Waals surface area contributed by atoms with Crippen LogP contribution in [0.1, 0.15) is 70.3 Å². The topological polar surface area (TPSA) is 17.1 Å². The molecule has 100 valence electrons. The van der Waals surface area contributed by atoms with Crippen LogP contribution in [-0.4, -0.2) is 5.78 Å². The van der Waals surface area contributed by atoms with Crippen molar-refractivity contribution in [1.82, 2.24) is 0 Å². The summed E-state index contributed by atoms with van der Waals surface area (Å²) in [6, 6.07) is 10.5. The second-order valence-corrected chi connectivity index (χ2v) is 5.10. The van der Waals surface area contributed by atoms with Crippen molar-refractivity contribution >= 4 is 5.78 Å². The molecule has 1 atom stereocenters. The van der Waals surface area contributed by atoms with Gasteiger partial charge in [-0.25, -0.2) is 0 Å². The van der Waals surface area contributed by atoms with Gasteiger partial charge in [0.1, 0.15) is 5.78 Å². The molecule has 0 aliphatic heterocycles. The first-order chi connectivity index (χ1) is 8.77. The van der Waals surface area contributed by atoms with Gasteiger partial charge in [0, 0.05) is 12.8 Å². The summed E-state index contributed by atoms with van der Waals surface area (Å²) < 4.78 is 0. The van der Waals surface area contributed by atoms with Gasteiger partial charge in [-0.3, -0.25) is 4.79 Å². The molecule has 1 aromatic carbocycles. The molecular weight excluding hydrogens is 220 g/mol. The first kappa shape index (κ1) is 14.9. The summed E-state index contributed by atoms with van der Waals surface area (Å²) in [5, 5.41) is 0. The summed E-state index contributed by atoms with van der Waals surface area (Å²) >= 11 is 0. The Morgan fingerprint density at radius 2 is 1.72 bits per heavy atom. The van der Waals surface area contributed by atoms with E-state index in [0.717, 1.165) is 32.1 Å². The van der Waals surface area contributed by atoms with Gasteiger partial charge in [-0.2, -0.15) is 0 Å². The van der Waals surface area contributed by atoms with E-state index >= 15 is 0 Å². The second kappa shape index (κ2) is 8.91. The van der Waals surface area contributed by atoms with E-state index < -0.39 is 0 Å². The van der Waals surface area contributed by atoms with Crippen LogP contribution in [0.5, 0.6) is 0 Å². The zero-order valence-corrected chi connectivity index (χ0v) is 11.8. The summed E-state index contributed by atoms with van der Waals surface area (Å²) in [4.78, 5) is 11.9. The number of ketones is 1. The maximum Gasteiger partial charge on any atom is 0.133 e. The van der Waals surface area contributed by atoms with Crippen molar-refractivity contribution in [2.45, 2.75) is 64.7 Å². The van der Waals surface area contributed by atoms with Gasteiger partial charge in [-0.15, -0.1) is 0 Å². The first-order valence-corrected chi connectivity index (χ1v) is 7.34. The van der Waals surface area contributed by atoms with Gasteiger partial charge >= 0.3 is 0 Å². The van der Waals surface area contributed by atoms with Crippen molar-refractivity contribution in [1.29, 1.82) is 0 Å². The highest BCUT2D eigenvalue weighted by atomic mass is 16.1.